The van der Waals surface area contributed by atoms with Crippen LogP contribution < -0.4 is 0 Å². The quantitative estimate of drug-likeness (QED) is 0.169. The van der Waals surface area contributed by atoms with E-state index in [1.165, 1.54) is 5.56 Å². The highest BCUT2D eigenvalue weighted by Crippen LogP contribution is 2.34. The lowest BCUT2D eigenvalue weighted by atomic mass is 9.91. The summed E-state index contributed by atoms with van der Waals surface area (Å²) in [5.74, 6) is 0.0875. The van der Waals surface area contributed by atoms with Crippen molar-refractivity contribution in [2.24, 2.45) is 0 Å². The molecule has 0 atom stereocenters. The van der Waals surface area contributed by atoms with E-state index in [1.54, 1.807) is 0 Å². The average Bonchev–Trinajstić information content (AvgIpc) is 3.90. The van der Waals surface area contributed by atoms with Crippen molar-refractivity contribution >= 4 is 46.4 Å². The Morgan fingerprint density at radius 3 is 1.41 bits per heavy atom. The largest absolute Gasteiger partial charge is 0.364 e. The molecular weight excluding hydrogens is 540 g/mol. The van der Waals surface area contributed by atoms with Crippen molar-refractivity contribution in [2.45, 2.75) is 26.7 Å². The van der Waals surface area contributed by atoms with Crippen LogP contribution >= 0.6 is 0 Å². The second kappa shape index (κ2) is 10.3. The van der Waals surface area contributed by atoms with E-state index in [1.807, 2.05) is 12.4 Å². The zero-order chi connectivity index (χ0) is 29.8. The predicted molar refractivity (Wildman–Crippen MR) is 181 cm³/mol. The molecule has 0 saturated heterocycles. The van der Waals surface area contributed by atoms with Gasteiger partial charge in [0.1, 0.15) is 0 Å². The summed E-state index contributed by atoms with van der Waals surface area (Å²) in [6.07, 6.45) is 12.3. The summed E-state index contributed by atoms with van der Waals surface area (Å²) in [4.78, 5) is 24.3. The average molecular weight is 573 g/mol. The Hall–Kier alpha value is -5.62. The number of nitrogens with one attached hydrogen (secondary N) is 4. The predicted octanol–water partition coefficient (Wildman–Crippen LogP) is 9.08. The number of hydrogen-bond donors (Lipinski definition) is 4. The highest BCUT2D eigenvalue weighted by atomic mass is 14.8. The van der Waals surface area contributed by atoms with Crippen LogP contribution in [0.5, 0.6) is 0 Å². The second-order valence-corrected chi connectivity index (χ2v) is 11.6. The molecule has 5 aromatic heterocycles. The fourth-order valence-corrected chi connectivity index (χ4v) is 6.36. The van der Waals surface area contributed by atoms with Gasteiger partial charge in [-0.2, -0.15) is 0 Å². The van der Waals surface area contributed by atoms with E-state index in [9.17, 15) is 0 Å². The van der Waals surface area contributed by atoms with E-state index in [0.717, 1.165) is 84.0 Å². The van der Waals surface area contributed by atoms with Gasteiger partial charge >= 0.3 is 0 Å². The molecule has 6 aromatic rings. The fourth-order valence-electron chi connectivity index (χ4n) is 6.36. The third-order valence-electron chi connectivity index (χ3n) is 8.93. The molecule has 6 heteroatoms. The molecule has 1 aromatic carbocycles. The molecule has 0 spiro atoms. The molecule has 4 N–H and O–H groups in total. The topological polar surface area (TPSA) is 88.9 Å². The molecule has 2 aliphatic rings. The molecule has 8 rings (SSSR count). The lowest BCUT2D eigenvalue weighted by Crippen LogP contribution is -2.04. The number of fused-ring (bicyclic) bond motifs is 8. The van der Waals surface area contributed by atoms with Crippen molar-refractivity contribution in [1.29, 1.82) is 0 Å². The van der Waals surface area contributed by atoms with Gasteiger partial charge in [0, 0.05) is 57.0 Å². The summed E-state index contributed by atoms with van der Waals surface area (Å²) >= 11 is 0. The molecular formula is C38H32N6. The van der Waals surface area contributed by atoms with Gasteiger partial charge in [0.2, 0.25) is 0 Å². The number of aromatic nitrogens is 6. The van der Waals surface area contributed by atoms with Crippen LogP contribution in [0.15, 0.2) is 85.2 Å². The lowest BCUT2D eigenvalue weighted by Gasteiger charge is -2.16. The van der Waals surface area contributed by atoms with Crippen molar-refractivity contribution < 1.29 is 0 Å². The minimum absolute atomic E-state index is 0.0875. The van der Waals surface area contributed by atoms with Crippen LogP contribution in [0.2, 0.25) is 0 Å². The van der Waals surface area contributed by atoms with Crippen molar-refractivity contribution in [3.63, 3.8) is 0 Å². The van der Waals surface area contributed by atoms with Gasteiger partial charge in [0.05, 0.1) is 28.7 Å². The van der Waals surface area contributed by atoms with Crippen molar-refractivity contribution in [2.75, 3.05) is 0 Å². The zero-order valence-electron chi connectivity index (χ0n) is 24.9. The summed E-state index contributed by atoms with van der Waals surface area (Å²) in [6.45, 7) is 6.34. The van der Waals surface area contributed by atoms with Gasteiger partial charge in [0.25, 0.3) is 0 Å². The Labute approximate surface area is 255 Å². The van der Waals surface area contributed by atoms with Gasteiger partial charge in [0.15, 0.2) is 0 Å². The number of aryl methyl sites for hydroxylation is 2. The van der Waals surface area contributed by atoms with E-state index < -0.39 is 0 Å². The maximum atomic E-state index is 4.99. The molecule has 7 heterocycles. The number of H-pyrrole nitrogens is 4. The summed E-state index contributed by atoms with van der Waals surface area (Å²) in [6, 6.07) is 26.0. The number of nitrogens with zero attached hydrogens (tertiary/aromatic N) is 2. The van der Waals surface area contributed by atoms with Crippen molar-refractivity contribution in [3.05, 3.63) is 142 Å². The van der Waals surface area contributed by atoms with Gasteiger partial charge in [-0.05, 0) is 116 Å². The first-order valence-corrected chi connectivity index (χ1v) is 15.0. The Morgan fingerprint density at radius 2 is 0.955 bits per heavy atom. The highest BCUT2D eigenvalue weighted by molar-refractivity contribution is 5.94. The van der Waals surface area contributed by atoms with Crippen LogP contribution in [0.1, 0.15) is 62.3 Å². The normalized spacial score (nSPS) is 12.5. The van der Waals surface area contributed by atoms with Gasteiger partial charge in [-0.1, -0.05) is 24.3 Å². The first-order chi connectivity index (χ1) is 21.5. The standard InChI is InChI=1S/C38H32N6/c1-22-27-12-14-29(41-27)23(2)31-16-18-35(43-31)38(36-19-17-32(44-36)24(3)30-15-13-28(22)42-30)26-10-8-25(9-11-26)37(33-6-4-20-39-33)34-7-5-21-40-34/h4-21,37,39-40,43-44H,1-3H3. The van der Waals surface area contributed by atoms with Crippen LogP contribution in [-0.2, 0) is 0 Å². The smallest absolute Gasteiger partial charge is 0.0688 e. The van der Waals surface area contributed by atoms with E-state index in [0.29, 0.717) is 0 Å². The van der Waals surface area contributed by atoms with E-state index in [-0.39, 0.29) is 5.92 Å². The number of rotatable bonds is 4. The summed E-state index contributed by atoms with van der Waals surface area (Å²) < 4.78 is 0. The third kappa shape index (κ3) is 4.34. The van der Waals surface area contributed by atoms with Crippen LogP contribution in [0.4, 0.5) is 0 Å². The molecule has 6 nitrogen and oxygen atoms in total. The number of aromatic amines is 4. The molecule has 0 unspecified atom stereocenters. The summed E-state index contributed by atoms with van der Waals surface area (Å²) in [5.41, 5.74) is 17.0. The van der Waals surface area contributed by atoms with Crippen molar-refractivity contribution in [3.8, 4) is 11.1 Å². The second-order valence-electron chi connectivity index (χ2n) is 11.6. The molecule has 0 radical (unpaired) electrons. The van der Waals surface area contributed by atoms with Crippen LogP contribution in [0.25, 0.3) is 57.5 Å². The van der Waals surface area contributed by atoms with Gasteiger partial charge in [-0.25, -0.2) is 9.97 Å². The molecule has 44 heavy (non-hydrogen) atoms. The minimum atomic E-state index is 0.0875. The maximum absolute atomic E-state index is 4.99. The van der Waals surface area contributed by atoms with Gasteiger partial charge in [-0.3, -0.25) is 0 Å². The van der Waals surface area contributed by atoms with Crippen LogP contribution in [0.3, 0.4) is 0 Å². The molecule has 2 aliphatic heterocycles. The highest BCUT2D eigenvalue weighted by Gasteiger charge is 2.19. The Kier molecular flexibility index (Phi) is 6.08. The van der Waals surface area contributed by atoms with E-state index in [4.69, 9.17) is 9.97 Å². The first-order valence-electron chi connectivity index (χ1n) is 15.0. The zero-order valence-corrected chi connectivity index (χ0v) is 24.9. The summed E-state index contributed by atoms with van der Waals surface area (Å²) in [7, 11) is 0. The molecule has 214 valence electrons. The van der Waals surface area contributed by atoms with Gasteiger partial charge in [-0.15, -0.1) is 0 Å². The lowest BCUT2D eigenvalue weighted by molar-refractivity contribution is 0.898. The molecule has 0 fully saturated rings. The van der Waals surface area contributed by atoms with Crippen LogP contribution in [-0.4, -0.2) is 29.9 Å². The maximum Gasteiger partial charge on any atom is 0.0688 e. The van der Waals surface area contributed by atoms with Crippen LogP contribution in [0, 0.1) is 20.8 Å². The molecule has 8 bridgehead atoms. The Bertz CT molecular complexity index is 2100. The third-order valence-corrected chi connectivity index (χ3v) is 8.93. The van der Waals surface area contributed by atoms with Gasteiger partial charge < -0.3 is 19.9 Å². The van der Waals surface area contributed by atoms with E-state index in [2.05, 4.69) is 138 Å². The minimum Gasteiger partial charge on any atom is -0.364 e. The SMILES string of the molecule is Cc1c2nc(c(C)c3ccc([nH]3)c(-c3ccc(C(c4ccc[nH]4)c4ccc[nH]4)cc3)c3ccc([nH]3)c(C)c3nc1C=C3)C=C2. The molecule has 0 aliphatic carbocycles. The summed E-state index contributed by atoms with van der Waals surface area (Å²) in [5, 5.41) is 0. The van der Waals surface area contributed by atoms with E-state index >= 15 is 0 Å². The molecule has 0 amide bonds. The molecule has 0 saturated carbocycles. The van der Waals surface area contributed by atoms with Crippen molar-refractivity contribution in [1.82, 2.24) is 29.9 Å². The number of hydrogen-bond acceptors (Lipinski definition) is 2. The Balaban J connectivity index is 1.36. The monoisotopic (exact) mass is 572 g/mol. The Morgan fingerprint density at radius 1 is 0.500 bits per heavy atom. The number of benzene rings is 1. The fraction of sp³-hybridized carbons (Fsp3) is 0.105. The first kappa shape index (κ1) is 26.0.